The number of nitrogens with two attached hydrogens (primary N) is 1. The Morgan fingerprint density at radius 3 is 2.32 bits per heavy atom. The molecule has 5 heteroatoms. The molecule has 0 amide bonds. The molecule has 2 aromatic carbocycles. The Morgan fingerprint density at radius 1 is 1.03 bits per heavy atom. The van der Waals surface area contributed by atoms with E-state index in [1.807, 2.05) is 37.1 Å². The highest BCUT2D eigenvalue weighted by atomic mass is 16.5. The van der Waals surface area contributed by atoms with Crippen molar-refractivity contribution in [3.63, 3.8) is 0 Å². The van der Waals surface area contributed by atoms with Crippen molar-refractivity contribution in [3.8, 4) is 11.4 Å². The van der Waals surface area contributed by atoms with Crippen LogP contribution in [0, 0.1) is 20.8 Å². The Hall–Kier alpha value is -2.79. The third-order valence-corrected chi connectivity index (χ3v) is 7.65. The van der Waals surface area contributed by atoms with E-state index < -0.39 is 0 Å². The van der Waals surface area contributed by atoms with Crippen LogP contribution in [0.5, 0.6) is 5.75 Å². The molecule has 1 atom stereocenters. The largest absolute Gasteiger partial charge is 0.485 e. The van der Waals surface area contributed by atoms with Crippen LogP contribution < -0.4 is 10.5 Å². The van der Waals surface area contributed by atoms with Crippen LogP contribution >= 0.6 is 0 Å². The van der Waals surface area contributed by atoms with Gasteiger partial charge in [-0.2, -0.15) is 0 Å². The summed E-state index contributed by atoms with van der Waals surface area (Å²) in [5, 5.41) is 0. The zero-order chi connectivity index (χ0) is 24.5. The summed E-state index contributed by atoms with van der Waals surface area (Å²) in [5.41, 5.74) is 14.6. The maximum Gasteiger partial charge on any atom is 0.127 e. The minimum atomic E-state index is -0.183. The number of nitrogen functional groups attached to an aromatic ring is 1. The van der Waals surface area contributed by atoms with Crippen molar-refractivity contribution in [2.45, 2.75) is 72.3 Å². The molecule has 34 heavy (non-hydrogen) atoms. The van der Waals surface area contributed by atoms with Gasteiger partial charge in [0.05, 0.1) is 6.33 Å². The van der Waals surface area contributed by atoms with E-state index in [4.69, 9.17) is 10.5 Å². The van der Waals surface area contributed by atoms with Crippen molar-refractivity contribution < 1.29 is 4.74 Å². The van der Waals surface area contributed by atoms with E-state index in [0.29, 0.717) is 5.92 Å². The molecule has 5 nitrogen and oxygen atoms in total. The lowest BCUT2D eigenvalue weighted by atomic mass is 9.88. The smallest absolute Gasteiger partial charge is 0.127 e. The number of likely N-dealkylation sites (tertiary alicyclic amines) is 1. The van der Waals surface area contributed by atoms with Gasteiger partial charge in [0, 0.05) is 42.3 Å². The lowest BCUT2D eigenvalue weighted by Gasteiger charge is -2.37. The molecule has 1 aromatic heterocycles. The fourth-order valence-corrected chi connectivity index (χ4v) is 5.54. The Bertz CT molecular complexity index is 1070. The van der Waals surface area contributed by atoms with Gasteiger partial charge in [0.25, 0.3) is 0 Å². The second kappa shape index (κ2) is 9.83. The van der Waals surface area contributed by atoms with Crippen LogP contribution in [0.3, 0.4) is 0 Å². The average molecular weight is 461 g/mol. The summed E-state index contributed by atoms with van der Waals surface area (Å²) in [6.45, 7) is 15.8. The molecule has 1 fully saturated rings. The van der Waals surface area contributed by atoms with E-state index in [1.54, 1.807) is 0 Å². The molecule has 0 spiro atoms. The topological polar surface area (TPSA) is 56.3 Å². The number of nitrogens with zero attached hydrogens (tertiary/aromatic N) is 3. The molecule has 0 saturated carbocycles. The molecule has 3 heterocycles. The molecule has 0 bridgehead atoms. The zero-order valence-corrected chi connectivity index (χ0v) is 21.7. The van der Waals surface area contributed by atoms with Crippen molar-refractivity contribution >= 4 is 5.69 Å². The van der Waals surface area contributed by atoms with Crippen LogP contribution in [0.1, 0.15) is 67.3 Å². The van der Waals surface area contributed by atoms with Gasteiger partial charge in [-0.05, 0) is 93.9 Å². The highest BCUT2D eigenvalue weighted by Gasteiger charge is 2.39. The number of ether oxygens (including phenoxy) is 1. The summed E-state index contributed by atoms with van der Waals surface area (Å²) in [6, 6.07) is 8.97. The Kier molecular flexibility index (Phi) is 7.04. The number of fused-ring (bicyclic) bond motifs is 1. The zero-order valence-electron chi connectivity index (χ0n) is 21.7. The fraction of sp³-hybridized carbons (Fsp3) is 0.483. The van der Waals surface area contributed by atoms with E-state index in [9.17, 15) is 0 Å². The van der Waals surface area contributed by atoms with Gasteiger partial charge in [0.2, 0.25) is 0 Å². The predicted octanol–water partition coefficient (Wildman–Crippen LogP) is 5.98. The molecule has 2 aliphatic rings. The van der Waals surface area contributed by atoms with Crippen LogP contribution in [-0.2, 0) is 6.42 Å². The molecule has 5 rings (SSSR count). The summed E-state index contributed by atoms with van der Waals surface area (Å²) in [7, 11) is 0. The Labute approximate surface area is 205 Å². The van der Waals surface area contributed by atoms with Gasteiger partial charge in [0.15, 0.2) is 0 Å². The predicted molar refractivity (Wildman–Crippen MR) is 141 cm³/mol. The Morgan fingerprint density at radius 2 is 1.71 bits per heavy atom. The molecule has 3 aromatic rings. The van der Waals surface area contributed by atoms with E-state index >= 15 is 0 Å². The van der Waals surface area contributed by atoms with Crippen molar-refractivity contribution in [3.05, 3.63) is 70.8 Å². The number of imidazole rings is 1. The van der Waals surface area contributed by atoms with Gasteiger partial charge in [-0.15, -0.1) is 0 Å². The van der Waals surface area contributed by atoms with Gasteiger partial charge >= 0.3 is 0 Å². The van der Waals surface area contributed by atoms with Gasteiger partial charge in [0.1, 0.15) is 11.4 Å². The molecule has 2 aliphatic heterocycles. The van der Waals surface area contributed by atoms with Crippen LogP contribution in [0.15, 0.2) is 43.0 Å². The first-order chi connectivity index (χ1) is 16.3. The first kappa shape index (κ1) is 24.3. The number of hydrogen-bond acceptors (Lipinski definition) is 4. The van der Waals surface area contributed by atoms with Crippen molar-refractivity contribution in [1.29, 1.82) is 0 Å². The third-order valence-electron chi connectivity index (χ3n) is 7.65. The van der Waals surface area contributed by atoms with E-state index in [-0.39, 0.29) is 5.60 Å². The van der Waals surface area contributed by atoms with Crippen molar-refractivity contribution in [1.82, 2.24) is 14.5 Å². The quantitative estimate of drug-likeness (QED) is 0.487. The molecule has 1 unspecified atom stereocenters. The van der Waals surface area contributed by atoms with Crippen LogP contribution in [-0.4, -0.2) is 39.7 Å². The van der Waals surface area contributed by atoms with Gasteiger partial charge in [-0.3, -0.25) is 4.90 Å². The number of anilines is 1. The monoisotopic (exact) mass is 460 g/mol. The molecular formula is C29H40N4O. The number of hydrogen-bond donors (Lipinski definition) is 1. The molecule has 182 valence electrons. The second-order valence-corrected chi connectivity index (χ2v) is 9.94. The van der Waals surface area contributed by atoms with Gasteiger partial charge in [-0.25, -0.2) is 4.98 Å². The van der Waals surface area contributed by atoms with Crippen LogP contribution in [0.4, 0.5) is 5.69 Å². The summed E-state index contributed by atoms with van der Waals surface area (Å²) in [4.78, 5) is 6.73. The SMILES string of the molecule is CC.Cc1c(C)c2c(c(C)c1N)CC(C)(CN1CCC(c3ccc(-n4ccnc4)cc3)CC1)O2. The third kappa shape index (κ3) is 4.58. The van der Waals surface area contributed by atoms with Crippen molar-refractivity contribution in [2.75, 3.05) is 25.4 Å². The first-order valence-corrected chi connectivity index (χ1v) is 12.7. The number of benzene rings is 2. The maximum atomic E-state index is 6.60. The lowest BCUT2D eigenvalue weighted by molar-refractivity contribution is 0.0523. The summed E-state index contributed by atoms with van der Waals surface area (Å²) < 4.78 is 8.65. The normalized spacial score (nSPS) is 20.4. The van der Waals surface area contributed by atoms with E-state index in [2.05, 4.69) is 61.8 Å². The number of rotatable bonds is 4. The molecule has 0 radical (unpaired) electrons. The lowest BCUT2D eigenvalue weighted by Crippen LogP contribution is -2.47. The summed E-state index contributed by atoms with van der Waals surface area (Å²) >= 11 is 0. The Balaban J connectivity index is 0.00000133. The first-order valence-electron chi connectivity index (χ1n) is 12.7. The van der Waals surface area contributed by atoms with Crippen molar-refractivity contribution in [2.24, 2.45) is 0 Å². The summed E-state index contributed by atoms with van der Waals surface area (Å²) in [5.74, 6) is 1.70. The minimum absolute atomic E-state index is 0.183. The minimum Gasteiger partial charge on any atom is -0.485 e. The number of piperidine rings is 1. The second-order valence-electron chi connectivity index (χ2n) is 9.94. The van der Waals surface area contributed by atoms with Crippen LogP contribution in [0.25, 0.3) is 5.69 Å². The average Bonchev–Trinajstić information content (AvgIpc) is 3.52. The van der Waals surface area contributed by atoms with E-state index in [1.165, 1.54) is 35.1 Å². The number of aromatic nitrogens is 2. The van der Waals surface area contributed by atoms with Gasteiger partial charge < -0.3 is 15.0 Å². The molecule has 1 saturated heterocycles. The fourth-order valence-electron chi connectivity index (χ4n) is 5.54. The van der Waals surface area contributed by atoms with Crippen LogP contribution in [0.2, 0.25) is 0 Å². The summed E-state index contributed by atoms with van der Waals surface area (Å²) in [6.07, 6.45) is 8.96. The molecular weight excluding hydrogens is 420 g/mol. The molecule has 2 N–H and O–H groups in total. The van der Waals surface area contributed by atoms with Gasteiger partial charge in [-0.1, -0.05) is 26.0 Å². The highest BCUT2D eigenvalue weighted by Crippen LogP contribution is 2.44. The maximum absolute atomic E-state index is 6.60. The van der Waals surface area contributed by atoms with E-state index in [0.717, 1.165) is 48.7 Å². The highest BCUT2D eigenvalue weighted by molar-refractivity contribution is 5.66. The molecule has 0 aliphatic carbocycles. The standard InChI is InChI=1S/C27H34N4O.C2H6/c1-18-19(2)26-24(20(3)25(18)28)15-27(4,32-26)16-30-12-9-22(10-13-30)21-5-7-23(8-6-21)31-14-11-29-17-31;1-2/h5-8,11,14,17,22H,9-10,12-13,15-16,28H2,1-4H3;1-2H3.